The summed E-state index contributed by atoms with van der Waals surface area (Å²) in [5, 5.41) is 10.4. The molecule has 5 nitrogen and oxygen atoms in total. The zero-order valence-electron chi connectivity index (χ0n) is 14.4. The molecule has 0 atom stereocenters. The first-order chi connectivity index (χ1) is 12.8. The zero-order valence-corrected chi connectivity index (χ0v) is 17.4. The van der Waals surface area contributed by atoms with Gasteiger partial charge in [0.25, 0.3) is 0 Å². The van der Waals surface area contributed by atoms with Gasteiger partial charge in [0, 0.05) is 25.2 Å². The molecule has 5 rings (SSSR count). The molecule has 3 aromatic carbocycles. The topological polar surface area (TPSA) is 63.8 Å². The molecule has 1 N–H and O–H groups in total. The van der Waals surface area contributed by atoms with E-state index in [1.54, 1.807) is 12.1 Å². The van der Waals surface area contributed by atoms with Crippen LogP contribution in [0.2, 0.25) is 0 Å². The Morgan fingerprint density at radius 1 is 0.667 bits per heavy atom. The van der Waals surface area contributed by atoms with Gasteiger partial charge in [-0.15, -0.1) is 0 Å². The first kappa shape index (κ1) is 17.3. The maximum Gasteiger partial charge on any atom is 0.199 e. The van der Waals surface area contributed by atoms with E-state index in [1.165, 1.54) is 0 Å². The van der Waals surface area contributed by atoms with Crippen LogP contribution in [-0.4, -0.2) is 24.6 Å². The Hall–Kier alpha value is -3.11. The fourth-order valence-electron chi connectivity index (χ4n) is 3.12. The van der Waals surface area contributed by atoms with Crippen LogP contribution in [0.15, 0.2) is 78.9 Å². The molecule has 0 amide bonds. The molecule has 0 unspecified atom stereocenters. The molecule has 0 radical (unpaired) electrons. The van der Waals surface area contributed by atoms with Crippen LogP contribution >= 0.6 is 0 Å². The molecule has 0 aliphatic rings. The first-order valence-corrected chi connectivity index (χ1v) is 8.30. The summed E-state index contributed by atoms with van der Waals surface area (Å²) in [7, 11) is 0. The van der Waals surface area contributed by atoms with Gasteiger partial charge in [0.1, 0.15) is 5.75 Å². The normalized spacial score (nSPS) is 10.8. The Bertz CT molecular complexity index is 1250. The van der Waals surface area contributed by atoms with Crippen molar-refractivity contribution in [3.63, 3.8) is 0 Å². The average molecular weight is 404 g/mol. The predicted molar refractivity (Wildman–Crippen MR) is 101 cm³/mol. The summed E-state index contributed by atoms with van der Waals surface area (Å²) < 4.78 is 1.93. The van der Waals surface area contributed by atoms with E-state index in [0.29, 0.717) is 22.7 Å². The number of fused-ring (bicyclic) bond motifs is 2. The van der Waals surface area contributed by atoms with Gasteiger partial charge in [0.15, 0.2) is 17.1 Å². The fourth-order valence-corrected chi connectivity index (χ4v) is 3.12. The van der Waals surface area contributed by atoms with Crippen molar-refractivity contribution < 1.29 is 24.6 Å². The van der Waals surface area contributed by atoms with Crippen LogP contribution in [0.4, 0.5) is 0 Å². The molecule has 0 aliphatic heterocycles. The van der Waals surface area contributed by atoms with Crippen molar-refractivity contribution in [1.29, 1.82) is 0 Å². The van der Waals surface area contributed by atoms with Crippen molar-refractivity contribution in [3.8, 4) is 22.8 Å². The van der Waals surface area contributed by atoms with E-state index >= 15 is 0 Å². The van der Waals surface area contributed by atoms with E-state index in [2.05, 4.69) is 4.98 Å². The zero-order chi connectivity index (χ0) is 17.5. The summed E-state index contributed by atoms with van der Waals surface area (Å²) in [6, 6.07) is 24.8. The van der Waals surface area contributed by atoms with Crippen LogP contribution in [0, 0.1) is 0 Å². The van der Waals surface area contributed by atoms with Gasteiger partial charge in [-0.2, -0.15) is 0 Å². The van der Waals surface area contributed by atoms with E-state index < -0.39 is 0 Å². The molecule has 2 heterocycles. The Labute approximate surface area is 168 Å². The summed E-state index contributed by atoms with van der Waals surface area (Å²) in [6.45, 7) is 0. The number of hydrogen-bond donors (Lipinski definition) is 1. The quantitative estimate of drug-likeness (QED) is 0.445. The number of rotatable bonds is 2. The maximum atomic E-state index is 10.4. The second-order valence-corrected chi connectivity index (χ2v) is 5.98. The minimum atomic E-state index is 0. The van der Waals surface area contributed by atoms with Crippen molar-refractivity contribution in [3.05, 3.63) is 78.9 Å². The third-order valence-corrected chi connectivity index (χ3v) is 4.33. The second-order valence-electron chi connectivity index (χ2n) is 5.98. The molecule has 27 heavy (non-hydrogen) atoms. The van der Waals surface area contributed by atoms with E-state index in [9.17, 15) is 5.11 Å². The number of hydrogen-bond acceptors (Lipinski definition) is 4. The molecular formula is C21H14N4OZn. The number of aromatic nitrogens is 4. The monoisotopic (exact) mass is 402 g/mol. The summed E-state index contributed by atoms with van der Waals surface area (Å²) in [5.74, 6) is 0.782. The Balaban J connectivity index is 0.00000180. The van der Waals surface area contributed by atoms with Crippen molar-refractivity contribution in [2.45, 2.75) is 0 Å². The maximum absolute atomic E-state index is 10.4. The number of nitrogens with zero attached hydrogens (tertiary/aromatic N) is 4. The van der Waals surface area contributed by atoms with E-state index in [4.69, 9.17) is 9.97 Å². The van der Waals surface area contributed by atoms with Gasteiger partial charge >= 0.3 is 0 Å². The minimum absolute atomic E-state index is 0. The minimum Gasteiger partial charge on any atom is -0.507 e. The Kier molecular flexibility index (Phi) is 4.42. The van der Waals surface area contributed by atoms with Crippen LogP contribution < -0.4 is 0 Å². The van der Waals surface area contributed by atoms with Gasteiger partial charge in [-0.05, 0) is 36.4 Å². The van der Waals surface area contributed by atoms with Crippen molar-refractivity contribution >= 4 is 22.3 Å². The van der Waals surface area contributed by atoms with Gasteiger partial charge < -0.3 is 5.11 Å². The summed E-state index contributed by atoms with van der Waals surface area (Å²) in [4.78, 5) is 14.1. The van der Waals surface area contributed by atoms with E-state index in [-0.39, 0.29) is 25.2 Å². The van der Waals surface area contributed by atoms with Crippen molar-refractivity contribution in [2.75, 3.05) is 0 Å². The smallest absolute Gasteiger partial charge is 0.199 e. The van der Waals surface area contributed by atoms with Crippen LogP contribution in [0.5, 0.6) is 5.75 Å². The number of benzene rings is 3. The van der Waals surface area contributed by atoms with E-state index in [1.807, 2.05) is 71.3 Å². The van der Waals surface area contributed by atoms with Crippen molar-refractivity contribution in [1.82, 2.24) is 19.5 Å². The molecule has 0 bridgehead atoms. The summed E-state index contributed by atoms with van der Waals surface area (Å²) in [6.07, 6.45) is 0. The molecule has 0 aliphatic carbocycles. The van der Waals surface area contributed by atoms with Gasteiger partial charge in [-0.1, -0.05) is 42.5 Å². The molecule has 0 saturated heterocycles. The standard InChI is InChI=1S/C21H14N4O.Zn/c26-18-13-7-4-10-15(18)20-24-19-21(25(20)14-8-2-1-3-9-14)23-17-12-6-5-11-16(17)22-19;/h1-13,26H;. The number of imidazole rings is 1. The Morgan fingerprint density at radius 3 is 2.04 bits per heavy atom. The Morgan fingerprint density at radius 2 is 1.30 bits per heavy atom. The van der Waals surface area contributed by atoms with Gasteiger partial charge in [-0.3, -0.25) is 4.57 Å². The molecule has 0 spiro atoms. The summed E-state index contributed by atoms with van der Waals surface area (Å²) in [5.41, 5.74) is 4.36. The van der Waals surface area contributed by atoms with Crippen LogP contribution in [-0.2, 0) is 19.5 Å². The van der Waals surface area contributed by atoms with Gasteiger partial charge in [-0.25, -0.2) is 15.0 Å². The summed E-state index contributed by atoms with van der Waals surface area (Å²) >= 11 is 0. The fraction of sp³-hybridized carbons (Fsp3) is 0. The third-order valence-electron chi connectivity index (χ3n) is 4.33. The molecular weight excluding hydrogens is 390 g/mol. The van der Waals surface area contributed by atoms with E-state index in [0.717, 1.165) is 16.7 Å². The van der Waals surface area contributed by atoms with Gasteiger partial charge in [0.2, 0.25) is 0 Å². The van der Waals surface area contributed by atoms with Crippen molar-refractivity contribution in [2.24, 2.45) is 0 Å². The molecule has 126 valence electrons. The third kappa shape index (κ3) is 2.88. The first-order valence-electron chi connectivity index (χ1n) is 8.30. The average Bonchev–Trinajstić information content (AvgIpc) is 3.05. The molecule has 2 aromatic heterocycles. The van der Waals surface area contributed by atoms with Crippen LogP contribution in [0.25, 0.3) is 39.4 Å². The molecule has 6 heteroatoms. The largest absolute Gasteiger partial charge is 0.507 e. The SMILES string of the molecule is Oc1ccccc1-c1nc2nc3ccccc3nc2n1-c1ccccc1.[Zn]. The molecule has 5 aromatic rings. The number of aromatic hydroxyl groups is 1. The number of para-hydroxylation sites is 4. The van der Waals surface area contributed by atoms with Crippen LogP contribution in [0.1, 0.15) is 0 Å². The predicted octanol–water partition coefficient (Wildman–Crippen LogP) is 4.34. The molecule has 0 fully saturated rings. The second kappa shape index (κ2) is 6.89. The number of phenolic OH excluding ortho intramolecular Hbond substituents is 1. The van der Waals surface area contributed by atoms with Gasteiger partial charge in [0.05, 0.1) is 16.6 Å². The van der Waals surface area contributed by atoms with Crippen LogP contribution in [0.3, 0.4) is 0 Å². The number of phenols is 1. The molecule has 0 saturated carbocycles.